The molecule has 5 rings (SSSR count). The smallest absolute Gasteiger partial charge is 0.407 e. The van der Waals surface area contributed by atoms with Crippen molar-refractivity contribution in [2.45, 2.75) is 57.0 Å². The van der Waals surface area contributed by atoms with Crippen LogP contribution in [0.2, 0.25) is 0 Å². The van der Waals surface area contributed by atoms with E-state index in [0.717, 1.165) is 17.5 Å². The van der Waals surface area contributed by atoms with Crippen molar-refractivity contribution in [1.29, 1.82) is 0 Å². The Hall–Kier alpha value is -3.35. The van der Waals surface area contributed by atoms with E-state index in [1.165, 1.54) is 11.1 Å². The fourth-order valence-corrected chi connectivity index (χ4v) is 5.88. The number of carboxylic acid groups (broad SMARTS) is 1. The van der Waals surface area contributed by atoms with Gasteiger partial charge in [-0.2, -0.15) is 0 Å². The number of ether oxygens (including phenoxy) is 1. The maximum atomic E-state index is 12.6. The molecule has 3 aliphatic rings. The van der Waals surface area contributed by atoms with Gasteiger partial charge in [-0.05, 0) is 53.9 Å². The first-order valence-corrected chi connectivity index (χ1v) is 12.1. The SMILES string of the molecule is CC[C@@H](CC(=O)N[C@@H]1C[C@H]2C[C@@]2(C(=O)O)C1)NC(=O)OCC1c2ccccc2-c2ccccc21. The van der Waals surface area contributed by atoms with Crippen LogP contribution in [0.1, 0.15) is 56.1 Å². The number of carbonyl (C=O) groups excluding carboxylic acids is 2. The van der Waals surface area contributed by atoms with Crippen LogP contribution in [0.5, 0.6) is 0 Å². The Bertz CT molecular complexity index is 1090. The zero-order valence-electron chi connectivity index (χ0n) is 19.3. The summed E-state index contributed by atoms with van der Waals surface area (Å²) in [6.07, 6.45) is 2.12. The van der Waals surface area contributed by atoms with Crippen LogP contribution in [0.15, 0.2) is 48.5 Å². The maximum Gasteiger partial charge on any atom is 0.407 e. The molecule has 34 heavy (non-hydrogen) atoms. The van der Waals surface area contributed by atoms with Crippen molar-refractivity contribution >= 4 is 18.0 Å². The largest absolute Gasteiger partial charge is 0.481 e. The summed E-state index contributed by atoms with van der Waals surface area (Å²) < 4.78 is 5.60. The van der Waals surface area contributed by atoms with Crippen LogP contribution in [0, 0.1) is 11.3 Å². The highest BCUT2D eigenvalue weighted by molar-refractivity contribution is 5.81. The van der Waals surface area contributed by atoms with E-state index in [4.69, 9.17) is 4.74 Å². The van der Waals surface area contributed by atoms with Crippen LogP contribution in [0.4, 0.5) is 4.79 Å². The van der Waals surface area contributed by atoms with Gasteiger partial charge in [-0.15, -0.1) is 0 Å². The normalized spacial score (nSPS) is 25.0. The minimum absolute atomic E-state index is 0.0168. The Morgan fingerprint density at radius 1 is 1.06 bits per heavy atom. The summed E-state index contributed by atoms with van der Waals surface area (Å²) in [7, 11) is 0. The Morgan fingerprint density at radius 3 is 2.29 bits per heavy atom. The fourth-order valence-electron chi connectivity index (χ4n) is 5.88. The lowest BCUT2D eigenvalue weighted by Gasteiger charge is -2.20. The average molecular weight is 463 g/mol. The first kappa shape index (κ1) is 22.4. The molecule has 2 aromatic carbocycles. The number of carboxylic acids is 1. The lowest BCUT2D eigenvalue weighted by Crippen LogP contribution is -2.42. The molecule has 3 N–H and O–H groups in total. The molecule has 2 amide bonds. The number of benzene rings is 2. The van der Waals surface area contributed by atoms with Crippen LogP contribution in [0.3, 0.4) is 0 Å². The van der Waals surface area contributed by atoms with Crippen LogP contribution in [0.25, 0.3) is 11.1 Å². The second-order valence-corrected chi connectivity index (χ2v) is 9.85. The van der Waals surface area contributed by atoms with Gasteiger partial charge in [-0.1, -0.05) is 55.5 Å². The van der Waals surface area contributed by atoms with Gasteiger partial charge in [-0.3, -0.25) is 9.59 Å². The minimum atomic E-state index is -0.752. The standard InChI is InChI=1S/C27H30N2O5/c1-2-17(12-24(30)28-18-11-16-13-27(16,14-18)25(31)32)29-26(33)34-15-23-21-9-5-3-7-19(21)20-8-4-6-10-22(20)23/h3-10,16-18,23H,2,11-15H2,1H3,(H,28,30)(H,29,33)(H,31,32)/t16-,17-,18+,27+/m0/s1. The summed E-state index contributed by atoms with van der Waals surface area (Å²) in [5.41, 5.74) is 4.02. The van der Waals surface area contributed by atoms with Gasteiger partial charge in [0.05, 0.1) is 5.41 Å². The van der Waals surface area contributed by atoms with Crippen molar-refractivity contribution in [2.24, 2.45) is 11.3 Å². The van der Waals surface area contributed by atoms with Crippen molar-refractivity contribution in [3.05, 3.63) is 59.7 Å². The van der Waals surface area contributed by atoms with E-state index in [1.54, 1.807) is 0 Å². The van der Waals surface area contributed by atoms with Crippen LogP contribution in [-0.4, -0.2) is 41.8 Å². The molecule has 0 saturated heterocycles. The molecule has 3 aliphatic carbocycles. The molecule has 2 saturated carbocycles. The molecule has 0 spiro atoms. The number of alkyl carbamates (subject to hydrolysis) is 1. The molecule has 0 aromatic heterocycles. The number of aliphatic carboxylic acids is 1. The Labute approximate surface area is 198 Å². The summed E-state index contributed by atoms with van der Waals surface area (Å²) in [6.45, 7) is 2.13. The Balaban J connectivity index is 1.13. The summed E-state index contributed by atoms with van der Waals surface area (Å²) in [4.78, 5) is 36.6. The molecule has 0 unspecified atom stereocenters. The van der Waals surface area contributed by atoms with Crippen molar-refractivity contribution in [1.82, 2.24) is 10.6 Å². The van der Waals surface area contributed by atoms with Gasteiger partial charge in [0.15, 0.2) is 0 Å². The highest BCUT2D eigenvalue weighted by atomic mass is 16.5. The quantitative estimate of drug-likeness (QED) is 0.549. The zero-order valence-corrected chi connectivity index (χ0v) is 19.3. The third-order valence-electron chi connectivity index (χ3n) is 7.79. The molecule has 4 atom stereocenters. The van der Waals surface area contributed by atoms with Gasteiger partial charge >= 0.3 is 12.1 Å². The van der Waals surface area contributed by atoms with Crippen molar-refractivity contribution in [3.63, 3.8) is 0 Å². The van der Waals surface area contributed by atoms with E-state index < -0.39 is 17.5 Å². The summed E-state index contributed by atoms with van der Waals surface area (Å²) >= 11 is 0. The van der Waals surface area contributed by atoms with Gasteiger partial charge in [-0.25, -0.2) is 4.79 Å². The van der Waals surface area contributed by atoms with Gasteiger partial charge < -0.3 is 20.5 Å². The van der Waals surface area contributed by atoms with Crippen molar-refractivity contribution < 1.29 is 24.2 Å². The topological polar surface area (TPSA) is 105 Å². The van der Waals surface area contributed by atoms with E-state index >= 15 is 0 Å². The van der Waals surface area contributed by atoms with Crippen molar-refractivity contribution in [2.75, 3.05) is 6.61 Å². The van der Waals surface area contributed by atoms with Gasteiger partial charge in [0.1, 0.15) is 6.61 Å². The van der Waals surface area contributed by atoms with E-state index in [0.29, 0.717) is 19.3 Å². The Morgan fingerprint density at radius 2 is 1.71 bits per heavy atom. The number of hydrogen-bond donors (Lipinski definition) is 3. The van der Waals surface area contributed by atoms with E-state index in [-0.39, 0.29) is 42.9 Å². The van der Waals surface area contributed by atoms with Crippen molar-refractivity contribution in [3.8, 4) is 11.1 Å². The maximum absolute atomic E-state index is 12.6. The second-order valence-electron chi connectivity index (χ2n) is 9.85. The first-order valence-electron chi connectivity index (χ1n) is 12.1. The number of fused-ring (bicyclic) bond motifs is 4. The molecule has 0 bridgehead atoms. The zero-order chi connectivity index (χ0) is 23.9. The van der Waals surface area contributed by atoms with Gasteiger partial charge in [0, 0.05) is 24.4 Å². The molecule has 0 aliphatic heterocycles. The molecule has 2 aromatic rings. The van der Waals surface area contributed by atoms with Crippen LogP contribution in [-0.2, 0) is 14.3 Å². The predicted molar refractivity (Wildman–Crippen MR) is 126 cm³/mol. The lowest BCUT2D eigenvalue weighted by atomic mass is 9.98. The molecular formula is C27H30N2O5. The molecule has 178 valence electrons. The Kier molecular flexibility index (Phi) is 5.80. The number of rotatable bonds is 8. The van der Waals surface area contributed by atoms with Crippen LogP contribution >= 0.6 is 0 Å². The summed E-state index contributed by atoms with van der Waals surface area (Å²) in [6, 6.07) is 15.9. The number of amides is 2. The molecule has 0 radical (unpaired) electrons. The average Bonchev–Trinajstić information content (AvgIpc) is 3.26. The lowest BCUT2D eigenvalue weighted by molar-refractivity contribution is -0.143. The third kappa shape index (κ3) is 4.04. The molecule has 2 fully saturated rings. The van der Waals surface area contributed by atoms with E-state index in [1.807, 2.05) is 31.2 Å². The monoisotopic (exact) mass is 462 g/mol. The number of nitrogens with one attached hydrogen (secondary N) is 2. The number of hydrogen-bond acceptors (Lipinski definition) is 4. The highest BCUT2D eigenvalue weighted by Crippen LogP contribution is 2.63. The predicted octanol–water partition coefficient (Wildman–Crippen LogP) is 4.06. The summed E-state index contributed by atoms with van der Waals surface area (Å²) in [5.74, 6) is -0.761. The molecule has 7 heteroatoms. The number of carbonyl (C=O) groups is 3. The molecular weight excluding hydrogens is 432 g/mol. The van der Waals surface area contributed by atoms with Crippen LogP contribution < -0.4 is 10.6 Å². The first-order chi connectivity index (χ1) is 16.4. The van der Waals surface area contributed by atoms with Gasteiger partial charge in [0.2, 0.25) is 5.91 Å². The molecule has 0 heterocycles. The third-order valence-corrected chi connectivity index (χ3v) is 7.79. The molecule has 7 nitrogen and oxygen atoms in total. The summed E-state index contributed by atoms with van der Waals surface area (Å²) in [5, 5.41) is 15.2. The van der Waals surface area contributed by atoms with E-state index in [2.05, 4.69) is 34.9 Å². The fraction of sp³-hybridized carbons (Fsp3) is 0.444. The highest BCUT2D eigenvalue weighted by Gasteiger charge is 2.65. The minimum Gasteiger partial charge on any atom is -0.481 e. The van der Waals surface area contributed by atoms with Gasteiger partial charge in [0.25, 0.3) is 0 Å². The second kappa shape index (κ2) is 8.78. The van der Waals surface area contributed by atoms with E-state index in [9.17, 15) is 19.5 Å².